The maximum Gasteiger partial charge on any atom is 0.251 e. The molecule has 0 saturated heterocycles. The van der Waals surface area contributed by atoms with Crippen LogP contribution in [-0.4, -0.2) is 30.7 Å². The molecule has 0 fully saturated rings. The molecule has 2 N–H and O–H groups in total. The highest BCUT2D eigenvalue weighted by Gasteiger charge is 2.17. The molecule has 7 nitrogen and oxygen atoms in total. The molecule has 0 aliphatic carbocycles. The third-order valence-corrected chi connectivity index (χ3v) is 6.68. The van der Waals surface area contributed by atoms with Crippen LogP contribution in [0.3, 0.4) is 0 Å². The number of carbonyl (C=O) groups excluding carboxylic acids is 1. The van der Waals surface area contributed by atoms with Crippen molar-refractivity contribution in [1.82, 2.24) is 19.8 Å². The van der Waals surface area contributed by atoms with Gasteiger partial charge in [-0.15, -0.1) is 6.42 Å². The number of nitrogens with one attached hydrogen (secondary N) is 2. The fourth-order valence-corrected chi connectivity index (χ4v) is 4.56. The predicted molar refractivity (Wildman–Crippen MR) is 135 cm³/mol. The molecule has 0 unspecified atom stereocenters. The minimum absolute atomic E-state index is 0.0268. The van der Waals surface area contributed by atoms with E-state index in [0.717, 1.165) is 22.4 Å². The lowest BCUT2D eigenvalue weighted by Gasteiger charge is -2.08. The minimum atomic E-state index is -3.80. The number of nitrogens with zero attached hydrogens (tertiary/aromatic N) is 2. The van der Waals surface area contributed by atoms with E-state index >= 15 is 0 Å². The van der Waals surface area contributed by atoms with Gasteiger partial charge in [-0.1, -0.05) is 72.7 Å². The van der Waals surface area contributed by atoms with Crippen molar-refractivity contribution in [2.75, 3.05) is 6.54 Å². The molecule has 4 rings (SSSR count). The van der Waals surface area contributed by atoms with Crippen LogP contribution in [0.5, 0.6) is 0 Å². The molecule has 0 bridgehead atoms. The highest BCUT2D eigenvalue weighted by atomic mass is 32.2. The summed E-state index contributed by atoms with van der Waals surface area (Å²) < 4.78 is 28.8. The van der Waals surface area contributed by atoms with Gasteiger partial charge in [-0.25, -0.2) is 8.42 Å². The Kier molecular flexibility index (Phi) is 7.41. The smallest absolute Gasteiger partial charge is 0.251 e. The van der Waals surface area contributed by atoms with Crippen molar-refractivity contribution in [3.05, 3.63) is 108 Å². The van der Waals surface area contributed by atoms with Crippen LogP contribution in [0.15, 0.2) is 96.0 Å². The Morgan fingerprint density at radius 2 is 1.69 bits per heavy atom. The summed E-state index contributed by atoms with van der Waals surface area (Å²) in [5.74, 6) is 1.83. The molecule has 0 spiro atoms. The molecule has 8 heteroatoms. The molecule has 0 atom stereocenters. The summed E-state index contributed by atoms with van der Waals surface area (Å²) in [6.45, 7) is 0.692. The number of hydrogen-bond acceptors (Lipinski definition) is 4. The molecule has 0 radical (unpaired) electrons. The zero-order chi connectivity index (χ0) is 24.7. The number of carbonyl (C=O) groups is 1. The van der Waals surface area contributed by atoms with Crippen LogP contribution in [0, 0.1) is 12.3 Å². The first-order valence-corrected chi connectivity index (χ1v) is 12.4. The molecule has 176 valence electrons. The molecule has 1 aromatic heterocycles. The average Bonchev–Trinajstić information content (AvgIpc) is 3.29. The monoisotopic (exact) mass is 484 g/mol. The number of sulfonamides is 1. The fraction of sp³-hybridized carbons (Fsp3) is 0.111. The van der Waals surface area contributed by atoms with Crippen LogP contribution in [0.2, 0.25) is 0 Å². The lowest BCUT2D eigenvalue weighted by atomic mass is 10.1. The van der Waals surface area contributed by atoms with Crippen LogP contribution in [0.1, 0.15) is 21.5 Å². The second-order valence-corrected chi connectivity index (χ2v) is 9.56. The van der Waals surface area contributed by atoms with E-state index in [-0.39, 0.29) is 23.5 Å². The molecular formula is C27H24N4O3S. The first kappa shape index (κ1) is 24.0. The van der Waals surface area contributed by atoms with Gasteiger partial charge in [0, 0.05) is 29.4 Å². The number of amides is 1. The van der Waals surface area contributed by atoms with Crippen LogP contribution < -0.4 is 10.0 Å². The van der Waals surface area contributed by atoms with Gasteiger partial charge < -0.3 is 5.32 Å². The number of benzene rings is 3. The van der Waals surface area contributed by atoms with Crippen LogP contribution in [0.4, 0.5) is 0 Å². The van der Waals surface area contributed by atoms with Crippen molar-refractivity contribution in [2.45, 2.75) is 18.0 Å². The Balaban J connectivity index is 1.54. The van der Waals surface area contributed by atoms with Gasteiger partial charge in [-0.3, -0.25) is 9.48 Å². The van der Waals surface area contributed by atoms with Crippen molar-refractivity contribution in [3.63, 3.8) is 0 Å². The van der Waals surface area contributed by atoms with Gasteiger partial charge in [0.15, 0.2) is 0 Å². The van der Waals surface area contributed by atoms with E-state index in [1.165, 1.54) is 18.2 Å². The summed E-state index contributed by atoms with van der Waals surface area (Å²) in [6.07, 6.45) is 7.05. The minimum Gasteiger partial charge on any atom is -0.348 e. The lowest BCUT2D eigenvalue weighted by molar-refractivity contribution is 0.0950. The highest BCUT2D eigenvalue weighted by Crippen LogP contribution is 2.22. The zero-order valence-electron chi connectivity index (χ0n) is 18.9. The van der Waals surface area contributed by atoms with Crippen LogP contribution >= 0.6 is 0 Å². The van der Waals surface area contributed by atoms with E-state index in [2.05, 4.69) is 16.0 Å². The molecular weight excluding hydrogens is 460 g/mol. The van der Waals surface area contributed by atoms with E-state index in [9.17, 15) is 13.2 Å². The predicted octanol–water partition coefficient (Wildman–Crippen LogP) is 3.44. The quantitative estimate of drug-likeness (QED) is 0.356. The molecule has 0 aliphatic heterocycles. The van der Waals surface area contributed by atoms with Gasteiger partial charge >= 0.3 is 0 Å². The van der Waals surface area contributed by atoms with Crippen LogP contribution in [-0.2, 0) is 23.1 Å². The molecule has 0 saturated carbocycles. The van der Waals surface area contributed by atoms with Crippen molar-refractivity contribution >= 4 is 15.9 Å². The Morgan fingerprint density at radius 3 is 2.40 bits per heavy atom. The van der Waals surface area contributed by atoms with Gasteiger partial charge in [0.1, 0.15) is 0 Å². The van der Waals surface area contributed by atoms with Crippen molar-refractivity contribution in [1.29, 1.82) is 0 Å². The number of hydrogen-bond donors (Lipinski definition) is 2. The maximum absolute atomic E-state index is 12.9. The third-order valence-electron chi connectivity index (χ3n) is 5.28. The number of aromatic nitrogens is 2. The largest absolute Gasteiger partial charge is 0.348 e. The molecule has 1 amide bonds. The van der Waals surface area contributed by atoms with Gasteiger partial charge in [0.05, 0.1) is 23.7 Å². The first-order chi connectivity index (χ1) is 17.0. The van der Waals surface area contributed by atoms with E-state index < -0.39 is 15.9 Å². The Labute approximate surface area is 204 Å². The van der Waals surface area contributed by atoms with E-state index in [1.54, 1.807) is 6.07 Å². The van der Waals surface area contributed by atoms with E-state index in [1.807, 2.05) is 71.5 Å². The topological polar surface area (TPSA) is 93.1 Å². The van der Waals surface area contributed by atoms with Gasteiger partial charge in [-0.05, 0) is 23.8 Å². The normalized spacial score (nSPS) is 11.1. The fourth-order valence-electron chi connectivity index (χ4n) is 3.58. The number of rotatable bonds is 9. The third kappa shape index (κ3) is 6.03. The molecule has 3 aromatic carbocycles. The van der Waals surface area contributed by atoms with Gasteiger partial charge in [0.25, 0.3) is 5.91 Å². The Morgan fingerprint density at radius 1 is 0.971 bits per heavy atom. The van der Waals surface area contributed by atoms with Crippen molar-refractivity contribution in [3.8, 4) is 23.6 Å². The van der Waals surface area contributed by atoms with E-state index in [0.29, 0.717) is 6.54 Å². The average molecular weight is 485 g/mol. The summed E-state index contributed by atoms with van der Waals surface area (Å²) in [4.78, 5) is 12.8. The second-order valence-electron chi connectivity index (χ2n) is 7.79. The standard InChI is InChI=1S/C27H24N4O3S/c1-2-16-29-35(33,34)25-15-9-14-23(17-25)27(32)28-18-24-20-31(19-21-10-5-3-6-11-21)30-26(24)22-12-7-4-8-13-22/h1,3-15,17,20,29H,16,18-19H2,(H,28,32). The van der Waals surface area contributed by atoms with Crippen LogP contribution in [0.25, 0.3) is 11.3 Å². The molecule has 35 heavy (non-hydrogen) atoms. The molecule has 4 aromatic rings. The summed E-state index contributed by atoms with van der Waals surface area (Å²) in [7, 11) is -3.80. The highest BCUT2D eigenvalue weighted by molar-refractivity contribution is 7.89. The maximum atomic E-state index is 12.9. The SMILES string of the molecule is C#CCNS(=O)(=O)c1cccc(C(=O)NCc2cn(Cc3ccccc3)nc2-c2ccccc2)c1. The molecule has 1 heterocycles. The first-order valence-electron chi connectivity index (χ1n) is 10.9. The number of terminal acetylenes is 1. The Hall–Kier alpha value is -4.19. The van der Waals surface area contributed by atoms with Crippen molar-refractivity contribution < 1.29 is 13.2 Å². The van der Waals surface area contributed by atoms with Gasteiger partial charge in [-0.2, -0.15) is 9.82 Å². The lowest BCUT2D eigenvalue weighted by Crippen LogP contribution is -2.26. The van der Waals surface area contributed by atoms with Gasteiger partial charge in [0.2, 0.25) is 10.0 Å². The zero-order valence-corrected chi connectivity index (χ0v) is 19.7. The summed E-state index contributed by atoms with van der Waals surface area (Å²) in [5.41, 5.74) is 3.90. The second kappa shape index (κ2) is 10.8. The van der Waals surface area contributed by atoms with Crippen molar-refractivity contribution in [2.24, 2.45) is 0 Å². The summed E-state index contributed by atoms with van der Waals surface area (Å²) >= 11 is 0. The molecule has 0 aliphatic rings. The van der Waals surface area contributed by atoms with E-state index in [4.69, 9.17) is 11.5 Å². The summed E-state index contributed by atoms with van der Waals surface area (Å²) in [6, 6.07) is 25.6. The summed E-state index contributed by atoms with van der Waals surface area (Å²) in [5, 5.41) is 7.65. The Bertz CT molecular complexity index is 1460.